The van der Waals surface area contributed by atoms with Gasteiger partial charge in [0.2, 0.25) is 0 Å². The van der Waals surface area contributed by atoms with Gasteiger partial charge in [-0.15, -0.1) is 0 Å². The van der Waals surface area contributed by atoms with E-state index in [-0.39, 0.29) is 0 Å². The topological polar surface area (TPSA) is 62.7 Å². The molecule has 0 radical (unpaired) electrons. The average Bonchev–Trinajstić information content (AvgIpc) is 2.94. The predicted octanol–water partition coefficient (Wildman–Crippen LogP) is 6.52. The highest BCUT2D eigenvalue weighted by atomic mass is 16.5. The van der Waals surface area contributed by atoms with E-state index < -0.39 is 0 Å². The van der Waals surface area contributed by atoms with Gasteiger partial charge >= 0.3 is 0 Å². The van der Waals surface area contributed by atoms with Crippen molar-refractivity contribution in [2.75, 3.05) is 28.4 Å². The van der Waals surface area contributed by atoms with Crippen molar-refractivity contribution in [1.82, 2.24) is 9.97 Å². The summed E-state index contributed by atoms with van der Waals surface area (Å²) in [6, 6.07) is 19.6. The van der Waals surface area contributed by atoms with Crippen LogP contribution in [0, 0.1) is 0 Å². The van der Waals surface area contributed by atoms with E-state index in [9.17, 15) is 0 Å². The first-order valence-electron chi connectivity index (χ1n) is 11.4. The summed E-state index contributed by atoms with van der Waals surface area (Å²) in [5, 5.41) is 0. The zero-order chi connectivity index (χ0) is 25.3. The third kappa shape index (κ3) is 5.91. The van der Waals surface area contributed by atoms with Crippen LogP contribution < -0.4 is 18.9 Å². The summed E-state index contributed by atoms with van der Waals surface area (Å²) in [4.78, 5) is 9.06. The van der Waals surface area contributed by atoms with E-state index in [0.717, 1.165) is 33.6 Å². The maximum absolute atomic E-state index is 5.39. The minimum atomic E-state index is 0.692. The van der Waals surface area contributed by atoms with Crippen molar-refractivity contribution in [1.29, 1.82) is 0 Å². The maximum atomic E-state index is 5.39. The molecule has 2 heterocycles. The zero-order valence-corrected chi connectivity index (χ0v) is 20.8. The Bertz CT molecular complexity index is 1290. The van der Waals surface area contributed by atoms with Gasteiger partial charge in [-0.1, -0.05) is 36.4 Å². The molecule has 0 saturated heterocycles. The van der Waals surface area contributed by atoms with Gasteiger partial charge in [-0.05, 0) is 70.8 Å². The molecule has 0 aliphatic rings. The van der Waals surface area contributed by atoms with E-state index in [1.54, 1.807) is 40.8 Å². The number of ether oxygens (including phenoxy) is 4. The second-order valence-corrected chi connectivity index (χ2v) is 7.84. The summed E-state index contributed by atoms with van der Waals surface area (Å²) in [6.07, 6.45) is 11.7. The summed E-state index contributed by atoms with van der Waals surface area (Å²) in [6.45, 7) is 0. The van der Waals surface area contributed by atoms with Crippen molar-refractivity contribution in [2.45, 2.75) is 0 Å². The van der Waals surface area contributed by atoms with E-state index in [0.29, 0.717) is 23.0 Å². The Labute approximate surface area is 211 Å². The Hall–Kier alpha value is -4.58. The summed E-state index contributed by atoms with van der Waals surface area (Å²) in [5.74, 6) is 2.79. The van der Waals surface area contributed by atoms with Crippen LogP contribution in [0.4, 0.5) is 0 Å². The Morgan fingerprint density at radius 2 is 0.806 bits per heavy atom. The lowest BCUT2D eigenvalue weighted by atomic mass is 10.1. The van der Waals surface area contributed by atoms with Crippen molar-refractivity contribution in [2.24, 2.45) is 0 Å². The van der Waals surface area contributed by atoms with Gasteiger partial charge in [-0.3, -0.25) is 9.97 Å². The monoisotopic (exact) mass is 480 g/mol. The number of aromatic nitrogens is 2. The van der Waals surface area contributed by atoms with Gasteiger partial charge in [-0.25, -0.2) is 0 Å². The number of hydrogen-bond donors (Lipinski definition) is 0. The molecule has 0 amide bonds. The van der Waals surface area contributed by atoms with Crippen molar-refractivity contribution >= 4 is 24.3 Å². The van der Waals surface area contributed by atoms with Gasteiger partial charge in [0.25, 0.3) is 0 Å². The summed E-state index contributed by atoms with van der Waals surface area (Å²) in [5.41, 5.74) is 5.64. The first-order chi connectivity index (χ1) is 17.6. The second kappa shape index (κ2) is 11.7. The SMILES string of the molecule is COc1ccc(/C=C/c2ccnc(-c3cc(/C=C/c4ccc(OC)c(OC)c4)ccn3)c2)cc1OC. The second-order valence-electron chi connectivity index (χ2n) is 7.84. The number of methoxy groups -OCH3 is 4. The number of hydrogen-bond acceptors (Lipinski definition) is 6. The normalized spacial score (nSPS) is 11.1. The van der Waals surface area contributed by atoms with Gasteiger partial charge in [-0.2, -0.15) is 0 Å². The lowest BCUT2D eigenvalue weighted by molar-refractivity contribution is 0.355. The third-order valence-corrected chi connectivity index (χ3v) is 5.58. The van der Waals surface area contributed by atoms with Crippen molar-refractivity contribution in [3.8, 4) is 34.4 Å². The summed E-state index contributed by atoms with van der Waals surface area (Å²) >= 11 is 0. The molecule has 2 aromatic carbocycles. The van der Waals surface area contributed by atoms with Gasteiger partial charge in [0.15, 0.2) is 23.0 Å². The minimum absolute atomic E-state index is 0.692. The molecule has 0 atom stereocenters. The number of nitrogens with zero attached hydrogens (tertiary/aromatic N) is 2. The largest absolute Gasteiger partial charge is 0.493 e. The van der Waals surface area contributed by atoms with Crippen molar-refractivity contribution in [3.05, 3.63) is 95.3 Å². The highest BCUT2D eigenvalue weighted by Gasteiger charge is 2.05. The molecule has 0 unspecified atom stereocenters. The van der Waals surface area contributed by atoms with Gasteiger partial charge in [0.1, 0.15) is 0 Å². The molecular weight excluding hydrogens is 452 g/mol. The molecule has 0 N–H and O–H groups in total. The van der Waals surface area contributed by atoms with Crippen molar-refractivity contribution in [3.63, 3.8) is 0 Å². The smallest absolute Gasteiger partial charge is 0.161 e. The number of pyridine rings is 2. The van der Waals surface area contributed by atoms with Crippen LogP contribution in [-0.4, -0.2) is 38.4 Å². The molecule has 0 spiro atoms. The van der Waals surface area contributed by atoms with Crippen LogP contribution in [0.25, 0.3) is 35.7 Å². The molecule has 4 rings (SSSR count). The van der Waals surface area contributed by atoms with E-state index in [1.807, 2.05) is 85.0 Å². The van der Waals surface area contributed by atoms with Crippen LogP contribution in [0.3, 0.4) is 0 Å². The molecule has 6 nitrogen and oxygen atoms in total. The molecule has 0 bridgehead atoms. The van der Waals surface area contributed by atoms with Gasteiger partial charge in [0.05, 0.1) is 39.8 Å². The molecule has 2 aromatic heterocycles. The third-order valence-electron chi connectivity index (χ3n) is 5.58. The van der Waals surface area contributed by atoms with E-state index in [1.165, 1.54) is 0 Å². The van der Waals surface area contributed by atoms with Gasteiger partial charge in [0, 0.05) is 12.4 Å². The molecule has 0 aliphatic carbocycles. The molecule has 6 heteroatoms. The Balaban J connectivity index is 1.53. The van der Waals surface area contributed by atoms with Crippen LogP contribution in [0.5, 0.6) is 23.0 Å². The zero-order valence-electron chi connectivity index (χ0n) is 20.8. The highest BCUT2D eigenvalue weighted by molar-refractivity contribution is 5.75. The molecule has 4 aromatic rings. The molecule has 0 saturated carbocycles. The fourth-order valence-electron chi connectivity index (χ4n) is 3.68. The lowest BCUT2D eigenvalue weighted by Crippen LogP contribution is -1.90. The minimum Gasteiger partial charge on any atom is -0.493 e. The van der Waals surface area contributed by atoms with E-state index in [2.05, 4.69) is 9.97 Å². The van der Waals surface area contributed by atoms with Crippen LogP contribution >= 0.6 is 0 Å². The predicted molar refractivity (Wildman–Crippen MR) is 144 cm³/mol. The Morgan fingerprint density at radius 1 is 0.444 bits per heavy atom. The fourth-order valence-corrected chi connectivity index (χ4v) is 3.68. The van der Waals surface area contributed by atoms with Crippen LogP contribution in [-0.2, 0) is 0 Å². The Morgan fingerprint density at radius 3 is 1.17 bits per heavy atom. The number of rotatable bonds is 9. The van der Waals surface area contributed by atoms with Crippen LogP contribution in [0.2, 0.25) is 0 Å². The first-order valence-corrected chi connectivity index (χ1v) is 11.4. The first kappa shape index (κ1) is 24.5. The summed E-state index contributed by atoms with van der Waals surface area (Å²) in [7, 11) is 6.51. The molecule has 182 valence electrons. The Kier molecular flexibility index (Phi) is 7.98. The average molecular weight is 481 g/mol. The molecular formula is C30H28N2O4. The van der Waals surface area contributed by atoms with E-state index >= 15 is 0 Å². The summed E-state index contributed by atoms with van der Waals surface area (Å²) < 4.78 is 21.4. The molecule has 36 heavy (non-hydrogen) atoms. The molecule has 0 aliphatic heterocycles. The quantitative estimate of drug-likeness (QED) is 0.272. The van der Waals surface area contributed by atoms with Gasteiger partial charge < -0.3 is 18.9 Å². The standard InChI is InChI=1S/C30H28N2O4/c1-33-27-11-9-21(19-29(27)35-3)5-7-23-13-15-31-25(17-23)26-18-24(14-16-32-26)8-6-22-10-12-28(34-2)30(20-22)36-4/h5-20H,1-4H3/b7-5+,8-6+. The maximum Gasteiger partial charge on any atom is 0.161 e. The van der Waals surface area contributed by atoms with E-state index in [4.69, 9.17) is 18.9 Å². The van der Waals surface area contributed by atoms with Crippen LogP contribution in [0.1, 0.15) is 22.3 Å². The lowest BCUT2D eigenvalue weighted by Gasteiger charge is -2.08. The van der Waals surface area contributed by atoms with Crippen molar-refractivity contribution < 1.29 is 18.9 Å². The fraction of sp³-hybridized carbons (Fsp3) is 0.133. The number of benzene rings is 2. The van der Waals surface area contributed by atoms with Crippen LogP contribution in [0.15, 0.2) is 73.1 Å². The molecule has 0 fully saturated rings. The highest BCUT2D eigenvalue weighted by Crippen LogP contribution is 2.29.